The number of ether oxygens (including phenoxy) is 1. The van der Waals surface area contributed by atoms with Gasteiger partial charge in [0.2, 0.25) is 0 Å². The molecule has 5 nitrogen and oxygen atoms in total. The van der Waals surface area contributed by atoms with Gasteiger partial charge in [0.25, 0.3) is 5.69 Å². The van der Waals surface area contributed by atoms with E-state index in [4.69, 9.17) is 16.3 Å². The maximum atomic E-state index is 10.8. The summed E-state index contributed by atoms with van der Waals surface area (Å²) in [6, 6.07) is 9.82. The number of benzene rings is 1. The molecule has 0 saturated carbocycles. The Morgan fingerprint density at radius 1 is 1.28 bits per heavy atom. The summed E-state index contributed by atoms with van der Waals surface area (Å²) in [7, 11) is 0. The van der Waals surface area contributed by atoms with Crippen LogP contribution in [0.15, 0.2) is 42.6 Å². The summed E-state index contributed by atoms with van der Waals surface area (Å²) < 4.78 is 5.41. The van der Waals surface area contributed by atoms with E-state index in [-0.39, 0.29) is 18.0 Å². The van der Waals surface area contributed by atoms with E-state index in [2.05, 4.69) is 4.98 Å². The van der Waals surface area contributed by atoms with Crippen LogP contribution in [-0.4, -0.2) is 9.91 Å². The molecule has 0 spiro atoms. The molecule has 0 aliphatic carbocycles. The van der Waals surface area contributed by atoms with E-state index in [0.29, 0.717) is 10.8 Å². The molecule has 0 aliphatic heterocycles. The summed E-state index contributed by atoms with van der Waals surface area (Å²) >= 11 is 5.91. The van der Waals surface area contributed by atoms with E-state index in [1.54, 1.807) is 24.3 Å². The third-order valence-corrected chi connectivity index (χ3v) is 2.58. The molecule has 6 heteroatoms. The molecule has 2 aromatic rings. The molecule has 0 aliphatic rings. The predicted molar refractivity (Wildman–Crippen MR) is 66.7 cm³/mol. The molecule has 0 fully saturated rings. The Morgan fingerprint density at radius 3 is 2.78 bits per heavy atom. The summed E-state index contributed by atoms with van der Waals surface area (Å²) in [6.07, 6.45) is 1.48. The minimum absolute atomic E-state index is 0.000880. The van der Waals surface area contributed by atoms with Gasteiger partial charge in [0, 0.05) is 12.3 Å². The number of halogens is 1. The molecule has 1 aromatic carbocycles. The third kappa shape index (κ3) is 2.75. The fourth-order valence-corrected chi connectivity index (χ4v) is 1.61. The lowest BCUT2D eigenvalue weighted by Crippen LogP contribution is -2.03. The maximum absolute atomic E-state index is 10.8. The topological polar surface area (TPSA) is 65.3 Å². The molecule has 1 aromatic heterocycles. The Kier molecular flexibility index (Phi) is 3.74. The van der Waals surface area contributed by atoms with Crippen LogP contribution in [0.1, 0.15) is 5.69 Å². The van der Waals surface area contributed by atoms with Gasteiger partial charge in [-0.1, -0.05) is 23.7 Å². The average Bonchev–Trinajstić information content (AvgIpc) is 2.38. The van der Waals surface area contributed by atoms with Crippen LogP contribution in [0.2, 0.25) is 5.02 Å². The van der Waals surface area contributed by atoms with Crippen molar-refractivity contribution in [2.45, 2.75) is 6.61 Å². The van der Waals surface area contributed by atoms with Crippen LogP contribution >= 0.6 is 11.6 Å². The molecule has 0 amide bonds. The Balaban J connectivity index is 2.16. The highest BCUT2D eigenvalue weighted by Crippen LogP contribution is 2.25. The minimum atomic E-state index is -0.488. The summed E-state index contributed by atoms with van der Waals surface area (Å²) in [4.78, 5) is 14.2. The van der Waals surface area contributed by atoms with E-state index >= 15 is 0 Å². The van der Waals surface area contributed by atoms with Crippen LogP contribution < -0.4 is 4.74 Å². The summed E-state index contributed by atoms with van der Waals surface area (Å²) in [5.41, 5.74) is 0.201. The lowest BCUT2D eigenvalue weighted by Gasteiger charge is -2.07. The van der Waals surface area contributed by atoms with Gasteiger partial charge < -0.3 is 4.74 Å². The first kappa shape index (κ1) is 12.3. The summed E-state index contributed by atoms with van der Waals surface area (Å²) in [5.74, 6) is 0.471. The normalized spacial score (nSPS) is 10.1. The van der Waals surface area contributed by atoms with Gasteiger partial charge in [-0.3, -0.25) is 15.1 Å². The van der Waals surface area contributed by atoms with Crippen molar-refractivity contribution in [2.75, 3.05) is 0 Å². The van der Waals surface area contributed by atoms with Crippen molar-refractivity contribution >= 4 is 17.3 Å². The zero-order valence-corrected chi connectivity index (χ0v) is 10.0. The average molecular weight is 265 g/mol. The summed E-state index contributed by atoms with van der Waals surface area (Å²) in [5, 5.41) is 11.2. The van der Waals surface area contributed by atoms with Gasteiger partial charge in [0.15, 0.2) is 5.69 Å². The zero-order chi connectivity index (χ0) is 13.0. The van der Waals surface area contributed by atoms with E-state index in [9.17, 15) is 10.1 Å². The Labute approximate surface area is 108 Å². The molecule has 0 radical (unpaired) electrons. The third-order valence-electron chi connectivity index (χ3n) is 2.26. The predicted octanol–water partition coefficient (Wildman–Crippen LogP) is 3.22. The largest absolute Gasteiger partial charge is 0.485 e. The van der Waals surface area contributed by atoms with E-state index in [1.165, 1.54) is 18.3 Å². The number of para-hydroxylation sites is 1. The molecule has 2 rings (SSSR count). The van der Waals surface area contributed by atoms with Gasteiger partial charge in [-0.2, -0.15) is 0 Å². The smallest absolute Gasteiger partial charge is 0.294 e. The van der Waals surface area contributed by atoms with Gasteiger partial charge in [-0.05, 0) is 18.2 Å². The number of nitrogens with zero attached hydrogens (tertiary/aromatic N) is 2. The van der Waals surface area contributed by atoms with Crippen LogP contribution in [0.25, 0.3) is 0 Å². The number of nitro groups is 1. The van der Waals surface area contributed by atoms with Crippen LogP contribution in [0, 0.1) is 10.1 Å². The number of rotatable bonds is 4. The first-order valence-electron chi connectivity index (χ1n) is 5.14. The highest BCUT2D eigenvalue weighted by atomic mass is 35.5. The number of hydrogen-bond donors (Lipinski definition) is 0. The standard InChI is InChI=1S/C12H9ClN2O3/c13-9-4-1-2-6-12(9)18-8-10-11(15(16)17)5-3-7-14-10/h1-7H,8H2. The maximum Gasteiger partial charge on any atom is 0.294 e. The molecule has 0 saturated heterocycles. The van der Waals surface area contributed by atoms with Gasteiger partial charge in [-0.25, -0.2) is 0 Å². The Bertz CT molecular complexity index is 575. The number of hydrogen-bond acceptors (Lipinski definition) is 4. The van der Waals surface area contributed by atoms with E-state index < -0.39 is 4.92 Å². The highest BCUT2D eigenvalue weighted by molar-refractivity contribution is 6.32. The highest BCUT2D eigenvalue weighted by Gasteiger charge is 2.14. The van der Waals surface area contributed by atoms with Crippen molar-refractivity contribution in [3.8, 4) is 5.75 Å². The van der Waals surface area contributed by atoms with Crippen LogP contribution in [-0.2, 0) is 6.61 Å². The van der Waals surface area contributed by atoms with Crippen molar-refractivity contribution in [2.24, 2.45) is 0 Å². The van der Waals surface area contributed by atoms with E-state index in [1.807, 2.05) is 0 Å². The molecule has 92 valence electrons. The fourth-order valence-electron chi connectivity index (χ4n) is 1.41. The lowest BCUT2D eigenvalue weighted by atomic mass is 10.3. The second-order valence-corrected chi connectivity index (χ2v) is 3.85. The van der Waals surface area contributed by atoms with Crippen molar-refractivity contribution in [1.29, 1.82) is 0 Å². The first-order valence-corrected chi connectivity index (χ1v) is 5.52. The van der Waals surface area contributed by atoms with Crippen molar-refractivity contribution in [3.05, 3.63) is 63.4 Å². The second kappa shape index (κ2) is 5.46. The zero-order valence-electron chi connectivity index (χ0n) is 9.25. The van der Waals surface area contributed by atoms with Gasteiger partial charge in [0.05, 0.1) is 9.95 Å². The van der Waals surface area contributed by atoms with Crippen LogP contribution in [0.3, 0.4) is 0 Å². The molecular formula is C12H9ClN2O3. The molecule has 18 heavy (non-hydrogen) atoms. The van der Waals surface area contributed by atoms with Gasteiger partial charge in [0.1, 0.15) is 12.4 Å². The monoisotopic (exact) mass is 264 g/mol. The van der Waals surface area contributed by atoms with Crippen molar-refractivity contribution in [1.82, 2.24) is 4.98 Å². The first-order chi connectivity index (χ1) is 8.68. The summed E-state index contributed by atoms with van der Waals surface area (Å²) in [6.45, 7) is 0.000880. The Hall–Kier alpha value is -2.14. The lowest BCUT2D eigenvalue weighted by molar-refractivity contribution is -0.386. The molecule has 0 bridgehead atoms. The molecular weight excluding hydrogens is 256 g/mol. The fraction of sp³-hybridized carbons (Fsp3) is 0.0833. The number of aromatic nitrogens is 1. The molecule has 0 N–H and O–H groups in total. The number of pyridine rings is 1. The SMILES string of the molecule is O=[N+]([O-])c1cccnc1COc1ccccc1Cl. The van der Waals surface area contributed by atoms with Gasteiger partial charge >= 0.3 is 0 Å². The quantitative estimate of drug-likeness (QED) is 0.628. The van der Waals surface area contributed by atoms with Crippen molar-refractivity contribution in [3.63, 3.8) is 0 Å². The van der Waals surface area contributed by atoms with Crippen LogP contribution in [0.5, 0.6) is 5.75 Å². The van der Waals surface area contributed by atoms with E-state index in [0.717, 1.165) is 0 Å². The molecule has 0 unspecified atom stereocenters. The van der Waals surface area contributed by atoms with Gasteiger partial charge in [-0.15, -0.1) is 0 Å². The molecule has 1 heterocycles. The van der Waals surface area contributed by atoms with Crippen molar-refractivity contribution < 1.29 is 9.66 Å². The molecule has 0 atom stereocenters. The Morgan fingerprint density at radius 2 is 2.06 bits per heavy atom. The second-order valence-electron chi connectivity index (χ2n) is 3.45. The van der Waals surface area contributed by atoms with Crippen LogP contribution in [0.4, 0.5) is 5.69 Å². The minimum Gasteiger partial charge on any atom is -0.485 e.